The van der Waals surface area contributed by atoms with Crippen LogP contribution in [0, 0.1) is 10.1 Å². The van der Waals surface area contributed by atoms with Crippen LogP contribution in [-0.4, -0.2) is 11.0 Å². The molecule has 0 saturated carbocycles. The number of nitrogens with zero attached hydrogens (tertiary/aromatic N) is 1. The average Bonchev–Trinajstić information content (AvgIpc) is 2.82. The maximum Gasteiger partial charge on any atom is 0.285 e. The average molecular weight is 333 g/mol. The summed E-state index contributed by atoms with van der Waals surface area (Å²) in [4.78, 5) is 10.6. The van der Waals surface area contributed by atoms with Crippen LogP contribution in [0.5, 0.6) is 0 Å². The van der Waals surface area contributed by atoms with Gasteiger partial charge in [0.2, 0.25) is 0 Å². The Labute approximate surface area is 125 Å². The lowest BCUT2D eigenvalue weighted by Gasteiger charge is -2.13. The van der Waals surface area contributed by atoms with E-state index in [1.807, 2.05) is 18.2 Å². The van der Waals surface area contributed by atoms with Crippen LogP contribution < -0.4 is 5.32 Å². The highest BCUT2D eigenvalue weighted by atomic mass is 79.9. The highest BCUT2D eigenvalue weighted by Gasteiger charge is 2.21. The number of nitro benzene ring substituents is 1. The SMILES string of the molecule is O=[N+]([O-])c1cc(NC2Cc3ccccc3C2)ccc1Br. The minimum Gasteiger partial charge on any atom is -0.381 e. The first-order valence-corrected chi connectivity index (χ1v) is 7.20. The molecule has 0 fully saturated rings. The van der Waals surface area contributed by atoms with E-state index < -0.39 is 0 Å². The van der Waals surface area contributed by atoms with Gasteiger partial charge in [0.15, 0.2) is 0 Å². The Bertz CT molecular complexity index is 648. The largest absolute Gasteiger partial charge is 0.381 e. The number of hydrogen-bond acceptors (Lipinski definition) is 3. The predicted octanol–water partition coefficient (Wildman–Crippen LogP) is 3.94. The molecular weight excluding hydrogens is 320 g/mol. The fourth-order valence-corrected chi connectivity index (χ4v) is 3.03. The van der Waals surface area contributed by atoms with Crippen molar-refractivity contribution in [3.63, 3.8) is 0 Å². The standard InChI is InChI=1S/C15H13BrN2O2/c16-14-6-5-12(9-15(14)18(19)20)17-13-7-10-3-1-2-4-11(10)8-13/h1-6,9,13,17H,7-8H2. The van der Waals surface area contributed by atoms with Gasteiger partial charge in [0.1, 0.15) is 0 Å². The summed E-state index contributed by atoms with van der Waals surface area (Å²) in [6, 6.07) is 13.8. The summed E-state index contributed by atoms with van der Waals surface area (Å²) in [5.74, 6) is 0. The molecule has 0 aromatic heterocycles. The second kappa shape index (κ2) is 5.25. The van der Waals surface area contributed by atoms with Crippen LogP contribution in [0.1, 0.15) is 11.1 Å². The maximum atomic E-state index is 10.9. The van der Waals surface area contributed by atoms with Gasteiger partial charge in [-0.25, -0.2) is 0 Å². The smallest absolute Gasteiger partial charge is 0.285 e. The van der Waals surface area contributed by atoms with Gasteiger partial charge >= 0.3 is 0 Å². The number of hydrogen-bond donors (Lipinski definition) is 1. The normalized spacial score (nSPS) is 14.1. The maximum absolute atomic E-state index is 10.9. The van der Waals surface area contributed by atoms with E-state index in [0.29, 0.717) is 10.5 Å². The van der Waals surface area contributed by atoms with Crippen molar-refractivity contribution in [2.75, 3.05) is 5.32 Å². The zero-order valence-corrected chi connectivity index (χ0v) is 12.3. The van der Waals surface area contributed by atoms with E-state index in [1.54, 1.807) is 12.1 Å². The predicted molar refractivity (Wildman–Crippen MR) is 82.1 cm³/mol. The summed E-state index contributed by atoms with van der Waals surface area (Å²) in [6.07, 6.45) is 1.92. The van der Waals surface area contributed by atoms with Crippen molar-refractivity contribution in [3.8, 4) is 0 Å². The molecule has 2 aromatic rings. The Balaban J connectivity index is 1.77. The Morgan fingerprint density at radius 3 is 2.40 bits per heavy atom. The van der Waals surface area contributed by atoms with Gasteiger partial charge in [0.25, 0.3) is 5.69 Å². The molecule has 0 heterocycles. The zero-order valence-electron chi connectivity index (χ0n) is 10.7. The van der Waals surface area contributed by atoms with Crippen LogP contribution in [0.2, 0.25) is 0 Å². The van der Waals surface area contributed by atoms with Crippen molar-refractivity contribution in [2.24, 2.45) is 0 Å². The minimum absolute atomic E-state index is 0.0884. The molecule has 0 atom stereocenters. The number of benzene rings is 2. The Morgan fingerprint density at radius 1 is 1.15 bits per heavy atom. The van der Waals surface area contributed by atoms with Gasteiger partial charge in [0, 0.05) is 17.8 Å². The van der Waals surface area contributed by atoms with Crippen LogP contribution in [0.25, 0.3) is 0 Å². The summed E-state index contributed by atoms with van der Waals surface area (Å²) in [7, 11) is 0. The Morgan fingerprint density at radius 2 is 1.80 bits per heavy atom. The molecule has 102 valence electrons. The Hall–Kier alpha value is -1.88. The molecule has 1 N–H and O–H groups in total. The number of rotatable bonds is 3. The van der Waals surface area contributed by atoms with E-state index in [2.05, 4.69) is 33.4 Å². The van der Waals surface area contributed by atoms with E-state index in [4.69, 9.17) is 0 Å². The van der Waals surface area contributed by atoms with Gasteiger partial charge < -0.3 is 5.32 Å². The summed E-state index contributed by atoms with van der Waals surface area (Å²) in [6.45, 7) is 0. The lowest BCUT2D eigenvalue weighted by Crippen LogP contribution is -2.19. The molecule has 0 unspecified atom stereocenters. The summed E-state index contributed by atoms with van der Waals surface area (Å²) in [5.41, 5.74) is 3.59. The topological polar surface area (TPSA) is 55.2 Å². The third-order valence-corrected chi connectivity index (χ3v) is 4.24. The molecule has 1 aliphatic carbocycles. The summed E-state index contributed by atoms with van der Waals surface area (Å²) in [5, 5.41) is 14.3. The second-order valence-electron chi connectivity index (χ2n) is 4.94. The van der Waals surface area contributed by atoms with Crippen LogP contribution in [0.15, 0.2) is 46.9 Å². The van der Waals surface area contributed by atoms with Crippen molar-refractivity contribution in [1.82, 2.24) is 0 Å². The quantitative estimate of drug-likeness (QED) is 0.684. The molecule has 2 aromatic carbocycles. The second-order valence-corrected chi connectivity index (χ2v) is 5.80. The van der Waals surface area contributed by atoms with Crippen molar-refractivity contribution >= 4 is 27.3 Å². The third kappa shape index (κ3) is 2.54. The molecule has 3 rings (SSSR count). The minimum atomic E-state index is -0.376. The first kappa shape index (κ1) is 13.1. The van der Waals surface area contributed by atoms with E-state index >= 15 is 0 Å². The van der Waals surface area contributed by atoms with E-state index in [0.717, 1.165) is 18.5 Å². The molecule has 0 aliphatic heterocycles. The van der Waals surface area contributed by atoms with E-state index in [-0.39, 0.29) is 10.6 Å². The highest BCUT2D eigenvalue weighted by molar-refractivity contribution is 9.10. The lowest BCUT2D eigenvalue weighted by atomic mass is 10.1. The molecule has 1 aliphatic rings. The van der Waals surface area contributed by atoms with Crippen LogP contribution in [0.4, 0.5) is 11.4 Å². The van der Waals surface area contributed by atoms with Gasteiger partial charge in [0.05, 0.1) is 9.40 Å². The molecule has 4 nitrogen and oxygen atoms in total. The van der Waals surface area contributed by atoms with Crippen molar-refractivity contribution < 1.29 is 4.92 Å². The third-order valence-electron chi connectivity index (χ3n) is 3.56. The summed E-state index contributed by atoms with van der Waals surface area (Å²) >= 11 is 3.20. The fraction of sp³-hybridized carbons (Fsp3) is 0.200. The van der Waals surface area contributed by atoms with Gasteiger partial charge in [-0.15, -0.1) is 0 Å². The number of fused-ring (bicyclic) bond motifs is 1. The monoisotopic (exact) mass is 332 g/mol. The van der Waals surface area contributed by atoms with Crippen LogP contribution in [-0.2, 0) is 12.8 Å². The number of nitro groups is 1. The molecule has 0 bridgehead atoms. The van der Waals surface area contributed by atoms with Gasteiger partial charge in [-0.1, -0.05) is 24.3 Å². The molecule has 5 heteroatoms. The van der Waals surface area contributed by atoms with Gasteiger partial charge in [-0.3, -0.25) is 10.1 Å². The van der Waals surface area contributed by atoms with E-state index in [9.17, 15) is 10.1 Å². The van der Waals surface area contributed by atoms with Crippen LogP contribution in [0.3, 0.4) is 0 Å². The number of nitrogens with one attached hydrogen (secondary N) is 1. The first-order chi connectivity index (χ1) is 9.63. The lowest BCUT2D eigenvalue weighted by molar-refractivity contribution is -0.385. The number of anilines is 1. The fourth-order valence-electron chi connectivity index (χ4n) is 2.64. The van der Waals surface area contributed by atoms with Gasteiger partial charge in [-0.05, 0) is 52.0 Å². The number of halogens is 1. The first-order valence-electron chi connectivity index (χ1n) is 6.41. The van der Waals surface area contributed by atoms with Crippen molar-refractivity contribution in [3.05, 3.63) is 68.2 Å². The van der Waals surface area contributed by atoms with Crippen LogP contribution >= 0.6 is 15.9 Å². The zero-order chi connectivity index (χ0) is 14.1. The molecular formula is C15H13BrN2O2. The summed E-state index contributed by atoms with van der Waals surface area (Å²) < 4.78 is 0.503. The molecule has 20 heavy (non-hydrogen) atoms. The molecule has 0 spiro atoms. The molecule has 0 saturated heterocycles. The highest BCUT2D eigenvalue weighted by Crippen LogP contribution is 2.30. The van der Waals surface area contributed by atoms with E-state index in [1.165, 1.54) is 11.1 Å². The molecule has 0 radical (unpaired) electrons. The molecule has 0 amide bonds. The van der Waals surface area contributed by atoms with Crippen molar-refractivity contribution in [1.29, 1.82) is 0 Å². The van der Waals surface area contributed by atoms with Gasteiger partial charge in [-0.2, -0.15) is 0 Å². The van der Waals surface area contributed by atoms with Crippen molar-refractivity contribution in [2.45, 2.75) is 18.9 Å². The Kier molecular flexibility index (Phi) is 3.44.